The van der Waals surface area contributed by atoms with Crippen molar-refractivity contribution < 1.29 is 0 Å². The summed E-state index contributed by atoms with van der Waals surface area (Å²) >= 11 is 0. The molecular weight excluding hydrogens is 332 g/mol. The molecule has 2 aromatic rings. The fourth-order valence-electron chi connectivity index (χ4n) is 3.47. The first-order valence-electron chi connectivity index (χ1n) is 10.4. The standard InChI is InChI=1S/C10H15N3.C10H13N.C3H8/c1-2-4-13-5-3-10-9(7-13)6-11-8-12-10;1-11-7-6-9-4-2-3-5-10(9)8-11;1-3-2/h6,8H,2-5,7H2,1H3;2-5H,6-8H2,1H3;3H2,1-2H3. The van der Waals surface area contributed by atoms with E-state index in [4.69, 9.17) is 0 Å². The normalized spacial score (nSPS) is 16.1. The second-order valence-corrected chi connectivity index (χ2v) is 7.48. The van der Waals surface area contributed by atoms with Gasteiger partial charge in [0.05, 0.1) is 0 Å². The summed E-state index contributed by atoms with van der Waals surface area (Å²) in [5.41, 5.74) is 5.58. The molecule has 0 saturated carbocycles. The molecule has 0 amide bonds. The summed E-state index contributed by atoms with van der Waals surface area (Å²) in [6.07, 6.45) is 8.37. The van der Waals surface area contributed by atoms with Crippen molar-refractivity contribution in [3.05, 3.63) is 59.2 Å². The summed E-state index contributed by atoms with van der Waals surface area (Å²) in [5.74, 6) is 0. The molecule has 1 aromatic carbocycles. The van der Waals surface area contributed by atoms with Crippen LogP contribution in [0.4, 0.5) is 0 Å². The van der Waals surface area contributed by atoms with E-state index in [-0.39, 0.29) is 0 Å². The van der Waals surface area contributed by atoms with Crippen LogP contribution in [0.3, 0.4) is 0 Å². The number of hydrogen-bond acceptors (Lipinski definition) is 4. The minimum atomic E-state index is 1.03. The second kappa shape index (κ2) is 11.8. The van der Waals surface area contributed by atoms with E-state index in [9.17, 15) is 0 Å². The molecule has 0 spiro atoms. The molecule has 2 aliphatic heterocycles. The lowest BCUT2D eigenvalue weighted by Crippen LogP contribution is -2.31. The molecule has 0 saturated heterocycles. The van der Waals surface area contributed by atoms with Crippen molar-refractivity contribution in [1.82, 2.24) is 19.8 Å². The van der Waals surface area contributed by atoms with Gasteiger partial charge >= 0.3 is 0 Å². The Balaban J connectivity index is 0.000000171. The van der Waals surface area contributed by atoms with E-state index < -0.39 is 0 Å². The Bertz CT molecular complexity index is 671. The van der Waals surface area contributed by atoms with Crippen molar-refractivity contribution in [2.45, 2.75) is 59.5 Å². The number of rotatable bonds is 2. The quantitative estimate of drug-likeness (QED) is 0.789. The molecule has 4 heteroatoms. The van der Waals surface area contributed by atoms with Crippen LogP contribution in [0.25, 0.3) is 0 Å². The Labute approximate surface area is 165 Å². The van der Waals surface area contributed by atoms with Gasteiger partial charge in [-0.15, -0.1) is 0 Å². The Hall–Kier alpha value is -1.78. The van der Waals surface area contributed by atoms with Gasteiger partial charge in [-0.25, -0.2) is 9.97 Å². The Morgan fingerprint density at radius 2 is 1.67 bits per heavy atom. The van der Waals surface area contributed by atoms with Crippen molar-refractivity contribution in [3.63, 3.8) is 0 Å². The molecule has 0 N–H and O–H groups in total. The molecule has 0 aliphatic carbocycles. The van der Waals surface area contributed by atoms with E-state index in [2.05, 4.69) is 71.9 Å². The van der Waals surface area contributed by atoms with Crippen molar-refractivity contribution >= 4 is 0 Å². The van der Waals surface area contributed by atoms with Gasteiger partial charge in [0.1, 0.15) is 6.33 Å². The number of benzene rings is 1. The topological polar surface area (TPSA) is 32.3 Å². The lowest BCUT2D eigenvalue weighted by atomic mass is 10.0. The summed E-state index contributed by atoms with van der Waals surface area (Å²) < 4.78 is 0. The highest BCUT2D eigenvalue weighted by Gasteiger charge is 2.15. The van der Waals surface area contributed by atoms with Crippen molar-refractivity contribution in [1.29, 1.82) is 0 Å². The Morgan fingerprint density at radius 3 is 2.41 bits per heavy atom. The summed E-state index contributed by atoms with van der Waals surface area (Å²) in [4.78, 5) is 13.2. The predicted octanol–water partition coefficient (Wildman–Crippen LogP) is 4.34. The van der Waals surface area contributed by atoms with Gasteiger partial charge in [-0.2, -0.15) is 0 Å². The Morgan fingerprint density at radius 1 is 0.926 bits per heavy atom. The van der Waals surface area contributed by atoms with Crippen LogP contribution in [0.2, 0.25) is 0 Å². The molecule has 148 valence electrons. The number of aromatic nitrogens is 2. The second-order valence-electron chi connectivity index (χ2n) is 7.48. The zero-order valence-corrected chi connectivity index (χ0v) is 17.6. The van der Waals surface area contributed by atoms with Gasteiger partial charge in [-0.3, -0.25) is 4.90 Å². The van der Waals surface area contributed by atoms with E-state index in [1.165, 1.54) is 54.7 Å². The predicted molar refractivity (Wildman–Crippen MR) is 114 cm³/mol. The molecular formula is C23H36N4. The van der Waals surface area contributed by atoms with E-state index in [1.807, 2.05) is 6.20 Å². The van der Waals surface area contributed by atoms with Gasteiger partial charge < -0.3 is 4.90 Å². The van der Waals surface area contributed by atoms with Crippen molar-refractivity contribution in [2.24, 2.45) is 0 Å². The first-order chi connectivity index (χ1) is 13.2. The molecule has 4 nitrogen and oxygen atoms in total. The molecule has 27 heavy (non-hydrogen) atoms. The molecule has 3 heterocycles. The van der Waals surface area contributed by atoms with E-state index in [1.54, 1.807) is 6.33 Å². The van der Waals surface area contributed by atoms with Gasteiger partial charge in [-0.05, 0) is 37.6 Å². The maximum absolute atomic E-state index is 4.28. The minimum Gasteiger partial charge on any atom is -0.302 e. The van der Waals surface area contributed by atoms with E-state index in [0.717, 1.165) is 26.1 Å². The summed E-state index contributed by atoms with van der Waals surface area (Å²) in [6.45, 7) is 12.2. The molecule has 0 atom stereocenters. The van der Waals surface area contributed by atoms with Gasteiger partial charge in [0.2, 0.25) is 0 Å². The average molecular weight is 369 g/mol. The fourth-order valence-corrected chi connectivity index (χ4v) is 3.47. The highest BCUT2D eigenvalue weighted by Crippen LogP contribution is 2.16. The number of nitrogens with zero attached hydrogens (tertiary/aromatic N) is 4. The fraction of sp³-hybridized carbons (Fsp3) is 0.565. The number of fused-ring (bicyclic) bond motifs is 2. The highest BCUT2D eigenvalue weighted by molar-refractivity contribution is 5.28. The smallest absolute Gasteiger partial charge is 0.115 e. The zero-order valence-electron chi connectivity index (χ0n) is 17.6. The largest absolute Gasteiger partial charge is 0.302 e. The minimum absolute atomic E-state index is 1.03. The first-order valence-corrected chi connectivity index (χ1v) is 10.4. The molecule has 0 bridgehead atoms. The van der Waals surface area contributed by atoms with E-state index in [0.29, 0.717) is 0 Å². The molecule has 4 rings (SSSR count). The van der Waals surface area contributed by atoms with Crippen LogP contribution in [-0.4, -0.2) is 46.4 Å². The zero-order chi connectivity index (χ0) is 19.5. The van der Waals surface area contributed by atoms with Gasteiger partial charge in [0, 0.05) is 50.1 Å². The van der Waals surface area contributed by atoms with Crippen LogP contribution >= 0.6 is 0 Å². The highest BCUT2D eigenvalue weighted by atomic mass is 15.1. The van der Waals surface area contributed by atoms with Gasteiger partial charge in [0.15, 0.2) is 0 Å². The van der Waals surface area contributed by atoms with Crippen LogP contribution in [0.1, 0.15) is 56.0 Å². The van der Waals surface area contributed by atoms with Crippen LogP contribution in [-0.2, 0) is 25.9 Å². The molecule has 1 aromatic heterocycles. The molecule has 2 aliphatic rings. The number of hydrogen-bond donors (Lipinski definition) is 0. The average Bonchev–Trinajstić information content (AvgIpc) is 2.69. The number of likely N-dealkylation sites (N-methyl/N-ethyl adjacent to an activating group) is 1. The van der Waals surface area contributed by atoms with Crippen LogP contribution in [0.15, 0.2) is 36.8 Å². The SMILES string of the molecule is CCC.CCCN1CCc2ncncc2C1.CN1CCc2ccccc2C1. The van der Waals surface area contributed by atoms with E-state index >= 15 is 0 Å². The first kappa shape index (κ1) is 21.5. The molecule has 0 unspecified atom stereocenters. The van der Waals surface area contributed by atoms with Gasteiger partial charge in [0.25, 0.3) is 0 Å². The van der Waals surface area contributed by atoms with Crippen LogP contribution in [0, 0.1) is 0 Å². The van der Waals surface area contributed by atoms with Crippen LogP contribution in [0.5, 0.6) is 0 Å². The van der Waals surface area contributed by atoms with Gasteiger partial charge in [-0.1, -0.05) is 51.5 Å². The lowest BCUT2D eigenvalue weighted by molar-refractivity contribution is 0.252. The van der Waals surface area contributed by atoms with Crippen LogP contribution < -0.4 is 0 Å². The van der Waals surface area contributed by atoms with Crippen molar-refractivity contribution in [3.8, 4) is 0 Å². The lowest BCUT2D eigenvalue weighted by Gasteiger charge is -2.26. The maximum atomic E-state index is 4.28. The third-order valence-electron chi connectivity index (χ3n) is 4.80. The third kappa shape index (κ3) is 7.04. The maximum Gasteiger partial charge on any atom is 0.115 e. The Kier molecular flexibility index (Phi) is 9.43. The summed E-state index contributed by atoms with van der Waals surface area (Å²) in [6, 6.07) is 8.72. The molecule has 0 radical (unpaired) electrons. The third-order valence-corrected chi connectivity index (χ3v) is 4.80. The summed E-state index contributed by atoms with van der Waals surface area (Å²) in [5, 5.41) is 0. The summed E-state index contributed by atoms with van der Waals surface area (Å²) in [7, 11) is 2.18. The monoisotopic (exact) mass is 368 g/mol. The van der Waals surface area contributed by atoms with Crippen molar-refractivity contribution in [2.75, 3.05) is 26.7 Å². The molecule has 0 fully saturated rings.